The number of ether oxygens (including phenoxy) is 1. The third-order valence-corrected chi connectivity index (χ3v) is 5.51. The average molecular weight is 508 g/mol. The lowest BCUT2D eigenvalue weighted by atomic mass is 9.96. The largest absolute Gasteiger partial charge is 0.444 e. The van der Waals surface area contributed by atoms with Gasteiger partial charge in [0.1, 0.15) is 17.7 Å². The maximum atomic E-state index is 13.9. The number of aliphatic hydroxyl groups excluding tert-OH is 1. The lowest BCUT2D eigenvalue weighted by Gasteiger charge is -2.35. The number of terminal acetylenes is 1. The van der Waals surface area contributed by atoms with Crippen molar-refractivity contribution in [3.63, 3.8) is 0 Å². The van der Waals surface area contributed by atoms with E-state index in [4.69, 9.17) is 11.2 Å². The monoisotopic (exact) mass is 507 g/mol. The molecule has 0 aromatic heterocycles. The zero-order valence-electron chi connectivity index (χ0n) is 22.2. The van der Waals surface area contributed by atoms with E-state index in [2.05, 4.69) is 16.6 Å². The van der Waals surface area contributed by atoms with Gasteiger partial charge in [-0.1, -0.05) is 68.3 Å². The van der Waals surface area contributed by atoms with Gasteiger partial charge < -0.3 is 25.4 Å². The summed E-state index contributed by atoms with van der Waals surface area (Å²) < 4.78 is 5.35. The zero-order chi connectivity index (χ0) is 27.6. The second-order valence-electron chi connectivity index (χ2n) is 9.96. The molecular formula is C29H37N3O5. The van der Waals surface area contributed by atoms with Crippen molar-refractivity contribution in [1.82, 2.24) is 15.5 Å². The molecule has 0 aliphatic carbocycles. The smallest absolute Gasteiger partial charge is 0.408 e. The van der Waals surface area contributed by atoms with E-state index in [-0.39, 0.29) is 19.0 Å². The fraction of sp³-hybridized carbons (Fsp3) is 0.414. The first-order valence-electron chi connectivity index (χ1n) is 12.3. The Morgan fingerprint density at radius 3 is 2.24 bits per heavy atom. The summed E-state index contributed by atoms with van der Waals surface area (Å²) in [5.41, 5.74) is 1.01. The van der Waals surface area contributed by atoms with Crippen molar-refractivity contribution < 1.29 is 24.2 Å². The van der Waals surface area contributed by atoms with Crippen LogP contribution < -0.4 is 10.6 Å². The Bertz CT molecular complexity index is 1100. The van der Waals surface area contributed by atoms with Crippen molar-refractivity contribution >= 4 is 17.9 Å². The van der Waals surface area contributed by atoms with Crippen LogP contribution in [-0.2, 0) is 20.9 Å². The van der Waals surface area contributed by atoms with E-state index in [1.165, 1.54) is 4.90 Å². The third-order valence-electron chi connectivity index (χ3n) is 5.51. The van der Waals surface area contributed by atoms with Gasteiger partial charge in [-0.2, -0.15) is 0 Å². The van der Waals surface area contributed by atoms with Crippen molar-refractivity contribution in [1.29, 1.82) is 0 Å². The minimum Gasteiger partial charge on any atom is -0.444 e. The topological polar surface area (TPSA) is 108 Å². The number of carbonyl (C=O) groups is 3. The third kappa shape index (κ3) is 8.65. The molecule has 0 aliphatic rings. The van der Waals surface area contributed by atoms with Crippen LogP contribution >= 0.6 is 0 Å². The van der Waals surface area contributed by atoms with Gasteiger partial charge in [0.2, 0.25) is 11.8 Å². The van der Waals surface area contributed by atoms with Crippen molar-refractivity contribution in [3.8, 4) is 12.3 Å². The van der Waals surface area contributed by atoms with Crippen LogP contribution in [0, 0.1) is 18.3 Å². The number of amides is 3. The summed E-state index contributed by atoms with van der Waals surface area (Å²) in [6.07, 6.45) is 4.98. The highest BCUT2D eigenvalue weighted by molar-refractivity contribution is 5.92. The summed E-state index contributed by atoms with van der Waals surface area (Å²) in [6.45, 7) is 8.40. The molecule has 2 aromatic carbocycles. The van der Waals surface area contributed by atoms with Gasteiger partial charge in [-0.15, -0.1) is 6.42 Å². The molecule has 8 nitrogen and oxygen atoms in total. The van der Waals surface area contributed by atoms with E-state index in [1.54, 1.807) is 58.9 Å². The number of alkyl carbamates (subject to hydrolysis) is 1. The first-order chi connectivity index (χ1) is 17.5. The van der Waals surface area contributed by atoms with Crippen LogP contribution in [0.15, 0.2) is 54.6 Å². The van der Waals surface area contributed by atoms with E-state index in [0.29, 0.717) is 11.1 Å². The maximum absolute atomic E-state index is 13.9. The van der Waals surface area contributed by atoms with Crippen LogP contribution in [0.2, 0.25) is 0 Å². The van der Waals surface area contributed by atoms with Crippen LogP contribution in [-0.4, -0.2) is 52.7 Å². The maximum Gasteiger partial charge on any atom is 0.408 e. The lowest BCUT2D eigenvalue weighted by molar-refractivity contribution is -0.144. The van der Waals surface area contributed by atoms with E-state index in [9.17, 15) is 19.5 Å². The second kappa shape index (κ2) is 13.5. The molecule has 198 valence electrons. The highest BCUT2D eigenvalue weighted by Gasteiger charge is 2.38. The van der Waals surface area contributed by atoms with E-state index < -0.39 is 42.2 Å². The first-order valence-corrected chi connectivity index (χ1v) is 12.3. The minimum absolute atomic E-state index is 0.152. The van der Waals surface area contributed by atoms with Gasteiger partial charge in [0.15, 0.2) is 0 Å². The molecule has 8 heteroatoms. The summed E-state index contributed by atoms with van der Waals surface area (Å²) in [5.74, 6) is 1.24. The fourth-order valence-corrected chi connectivity index (χ4v) is 3.80. The normalized spacial score (nSPS) is 12.7. The molecule has 2 rings (SSSR count). The number of benzene rings is 2. The van der Waals surface area contributed by atoms with Crippen LogP contribution in [0.3, 0.4) is 0 Å². The molecular weight excluding hydrogens is 470 g/mol. The Morgan fingerprint density at radius 1 is 1.05 bits per heavy atom. The van der Waals surface area contributed by atoms with Crippen LogP contribution in [0.5, 0.6) is 0 Å². The Labute approximate surface area is 219 Å². The standard InChI is InChI=1S/C29H37N3O5/c1-7-22-15-11-12-16-23(22)25(26(34)30-19-21-13-9-8-10-14-21)32(17-18-33)27(35)24(20(2)3)31-28(36)37-29(4,5)6/h1,8-16,20,24-25,33H,17-19H2,2-6H3,(H,30,34)(H,31,36). The van der Waals surface area contributed by atoms with Gasteiger partial charge in [0.25, 0.3) is 0 Å². The highest BCUT2D eigenvalue weighted by Crippen LogP contribution is 2.26. The molecule has 0 saturated heterocycles. The zero-order valence-corrected chi connectivity index (χ0v) is 22.2. The quantitative estimate of drug-likeness (QED) is 0.427. The molecule has 2 atom stereocenters. The first kappa shape index (κ1) is 29.4. The number of nitrogens with zero attached hydrogens (tertiary/aromatic N) is 1. The Balaban J connectivity index is 2.47. The van der Waals surface area contributed by atoms with Gasteiger partial charge in [0, 0.05) is 18.7 Å². The van der Waals surface area contributed by atoms with Crippen molar-refractivity contribution in [3.05, 3.63) is 71.3 Å². The van der Waals surface area contributed by atoms with Gasteiger partial charge in [-0.05, 0) is 43.9 Å². The molecule has 3 amide bonds. The molecule has 0 spiro atoms. The molecule has 2 aromatic rings. The summed E-state index contributed by atoms with van der Waals surface area (Å²) in [5, 5.41) is 15.4. The van der Waals surface area contributed by atoms with Gasteiger partial charge in [-0.3, -0.25) is 9.59 Å². The van der Waals surface area contributed by atoms with Crippen molar-refractivity contribution in [2.24, 2.45) is 5.92 Å². The van der Waals surface area contributed by atoms with E-state index in [1.807, 2.05) is 30.3 Å². The van der Waals surface area contributed by atoms with Gasteiger partial charge >= 0.3 is 6.09 Å². The Hall–Kier alpha value is -3.83. The van der Waals surface area contributed by atoms with E-state index in [0.717, 1.165) is 5.56 Å². The van der Waals surface area contributed by atoms with E-state index >= 15 is 0 Å². The van der Waals surface area contributed by atoms with Crippen LogP contribution in [0.1, 0.15) is 57.4 Å². The fourth-order valence-electron chi connectivity index (χ4n) is 3.80. The van der Waals surface area contributed by atoms with Gasteiger partial charge in [0.05, 0.1) is 6.61 Å². The summed E-state index contributed by atoms with van der Waals surface area (Å²) in [4.78, 5) is 41.3. The van der Waals surface area contributed by atoms with Crippen molar-refractivity contribution in [2.75, 3.05) is 13.2 Å². The molecule has 0 fully saturated rings. The predicted molar refractivity (Wildman–Crippen MR) is 142 cm³/mol. The molecule has 2 unspecified atom stereocenters. The van der Waals surface area contributed by atoms with Crippen LogP contribution in [0.25, 0.3) is 0 Å². The molecule has 37 heavy (non-hydrogen) atoms. The second-order valence-corrected chi connectivity index (χ2v) is 9.96. The number of nitrogens with one attached hydrogen (secondary N) is 2. The number of aliphatic hydroxyl groups is 1. The number of carbonyl (C=O) groups excluding carboxylic acids is 3. The summed E-state index contributed by atoms with van der Waals surface area (Å²) in [7, 11) is 0. The minimum atomic E-state index is -1.14. The van der Waals surface area contributed by atoms with Gasteiger partial charge in [-0.25, -0.2) is 4.79 Å². The molecule has 0 heterocycles. The van der Waals surface area contributed by atoms with Crippen LogP contribution in [0.4, 0.5) is 4.79 Å². The Morgan fingerprint density at radius 2 is 1.68 bits per heavy atom. The lowest BCUT2D eigenvalue weighted by Crippen LogP contribution is -2.55. The highest BCUT2D eigenvalue weighted by atomic mass is 16.6. The molecule has 0 aliphatic heterocycles. The predicted octanol–water partition coefficient (Wildman–Crippen LogP) is 3.40. The van der Waals surface area contributed by atoms with Crippen molar-refractivity contribution in [2.45, 2.75) is 58.8 Å². The molecule has 0 saturated carbocycles. The summed E-state index contributed by atoms with van der Waals surface area (Å²) >= 11 is 0. The summed E-state index contributed by atoms with van der Waals surface area (Å²) in [6, 6.07) is 14.1. The number of rotatable bonds is 10. The Kier molecular flexibility index (Phi) is 10.7. The molecule has 0 radical (unpaired) electrons. The number of hydrogen-bond donors (Lipinski definition) is 3. The molecule has 0 bridgehead atoms. The molecule has 3 N–H and O–H groups in total. The average Bonchev–Trinajstić information content (AvgIpc) is 2.85. The SMILES string of the molecule is C#Cc1ccccc1C(C(=O)NCc1ccccc1)N(CCO)C(=O)C(NC(=O)OC(C)(C)C)C(C)C. The number of hydrogen-bond acceptors (Lipinski definition) is 5.